The van der Waals surface area contributed by atoms with E-state index in [4.69, 9.17) is 0 Å². The summed E-state index contributed by atoms with van der Waals surface area (Å²) in [6.45, 7) is 5.87. The van der Waals surface area contributed by atoms with Gasteiger partial charge in [0.15, 0.2) is 5.78 Å². The number of Topliss-reactive ketones (excluding diaryl/α,β-unsaturated/α-hetero) is 1. The number of carbonyl (C=O) groups is 1. The summed E-state index contributed by atoms with van der Waals surface area (Å²) in [5.41, 5.74) is 3.25. The fourth-order valence-corrected chi connectivity index (χ4v) is 4.57. The molecule has 1 saturated heterocycles. The van der Waals surface area contributed by atoms with E-state index in [-0.39, 0.29) is 31.0 Å². The third-order valence-electron chi connectivity index (χ3n) is 6.47. The maximum atomic E-state index is 12.9. The van der Waals surface area contributed by atoms with Crippen LogP contribution in [-0.4, -0.2) is 78.2 Å². The molecule has 3 aromatic heterocycles. The van der Waals surface area contributed by atoms with Crippen LogP contribution in [0.25, 0.3) is 22.2 Å². The minimum absolute atomic E-state index is 0.0778. The number of carbonyl (C=O) groups excluding carboxylic acids is 1. The van der Waals surface area contributed by atoms with Crippen molar-refractivity contribution < 1.29 is 9.18 Å². The number of piperidine rings is 1. The maximum Gasteiger partial charge on any atom is 0.190 e. The minimum Gasteiger partial charge on any atom is -0.367 e. The SMILES string of the molecule is CC(C)Nc1cncc(-c2ccc3nnc(CC(=O)c4cn(C5CCN(CCF)CC5)nn4)cc3c2)n1. The summed E-state index contributed by atoms with van der Waals surface area (Å²) in [6.07, 6.45) is 6.92. The molecule has 1 aromatic carbocycles. The Labute approximate surface area is 214 Å². The van der Waals surface area contributed by atoms with Gasteiger partial charge in [-0.1, -0.05) is 11.3 Å². The quantitative estimate of drug-likeness (QED) is 0.343. The van der Waals surface area contributed by atoms with Gasteiger partial charge in [0.25, 0.3) is 0 Å². The highest BCUT2D eigenvalue weighted by Gasteiger charge is 2.23. The van der Waals surface area contributed by atoms with Crippen molar-refractivity contribution in [2.24, 2.45) is 0 Å². The number of aromatic nitrogens is 7. The molecule has 0 amide bonds. The lowest BCUT2D eigenvalue weighted by atomic mass is 10.1. The number of hydrogen-bond donors (Lipinski definition) is 1. The molecule has 192 valence electrons. The van der Waals surface area contributed by atoms with Gasteiger partial charge in [-0.15, -0.1) is 5.10 Å². The number of rotatable bonds is 9. The Balaban J connectivity index is 1.28. The van der Waals surface area contributed by atoms with Crippen molar-refractivity contribution in [2.75, 3.05) is 31.6 Å². The second-order valence-corrected chi connectivity index (χ2v) is 9.64. The number of fused-ring (bicyclic) bond motifs is 1. The van der Waals surface area contributed by atoms with Crippen LogP contribution in [0.5, 0.6) is 0 Å². The fourth-order valence-electron chi connectivity index (χ4n) is 4.57. The Bertz CT molecular complexity index is 1380. The van der Waals surface area contributed by atoms with Crippen molar-refractivity contribution in [2.45, 2.75) is 45.2 Å². The summed E-state index contributed by atoms with van der Waals surface area (Å²) in [4.78, 5) is 24.0. The molecule has 0 spiro atoms. The first-order valence-electron chi connectivity index (χ1n) is 12.6. The van der Waals surface area contributed by atoms with Crippen LogP contribution in [0.1, 0.15) is 48.9 Å². The van der Waals surface area contributed by atoms with Crippen LogP contribution in [0.2, 0.25) is 0 Å². The second-order valence-electron chi connectivity index (χ2n) is 9.64. The van der Waals surface area contributed by atoms with Gasteiger partial charge in [0.1, 0.15) is 18.2 Å². The summed E-state index contributed by atoms with van der Waals surface area (Å²) in [6, 6.07) is 8.09. The predicted octanol–water partition coefficient (Wildman–Crippen LogP) is 3.53. The summed E-state index contributed by atoms with van der Waals surface area (Å²) >= 11 is 0. The van der Waals surface area contributed by atoms with Crippen LogP contribution in [0.15, 0.2) is 42.9 Å². The van der Waals surface area contributed by atoms with E-state index in [0.29, 0.717) is 23.8 Å². The van der Waals surface area contributed by atoms with Gasteiger partial charge in [-0.25, -0.2) is 14.1 Å². The molecule has 0 unspecified atom stereocenters. The number of nitrogens with one attached hydrogen (secondary N) is 1. The highest BCUT2D eigenvalue weighted by atomic mass is 19.1. The molecular weight excluding hydrogens is 473 g/mol. The van der Waals surface area contributed by atoms with E-state index in [1.807, 2.05) is 38.1 Å². The van der Waals surface area contributed by atoms with Crippen LogP contribution >= 0.6 is 0 Å². The van der Waals surface area contributed by atoms with Gasteiger partial charge < -0.3 is 10.2 Å². The van der Waals surface area contributed by atoms with Crippen LogP contribution < -0.4 is 5.32 Å². The highest BCUT2D eigenvalue weighted by molar-refractivity contribution is 5.95. The Morgan fingerprint density at radius 2 is 1.97 bits per heavy atom. The highest BCUT2D eigenvalue weighted by Crippen LogP contribution is 2.24. The van der Waals surface area contributed by atoms with Crippen molar-refractivity contribution >= 4 is 22.5 Å². The van der Waals surface area contributed by atoms with Crippen molar-refractivity contribution in [3.8, 4) is 11.3 Å². The molecule has 37 heavy (non-hydrogen) atoms. The zero-order valence-electron chi connectivity index (χ0n) is 21.0. The number of halogens is 1. The van der Waals surface area contributed by atoms with E-state index in [2.05, 4.69) is 40.7 Å². The molecule has 10 nitrogen and oxygen atoms in total. The Morgan fingerprint density at radius 1 is 1.14 bits per heavy atom. The first-order chi connectivity index (χ1) is 18.0. The van der Waals surface area contributed by atoms with E-state index in [9.17, 15) is 9.18 Å². The Morgan fingerprint density at radius 3 is 2.76 bits per heavy atom. The number of anilines is 1. The zero-order valence-corrected chi connectivity index (χ0v) is 21.0. The van der Waals surface area contributed by atoms with E-state index < -0.39 is 0 Å². The smallest absolute Gasteiger partial charge is 0.190 e. The predicted molar refractivity (Wildman–Crippen MR) is 138 cm³/mol. The van der Waals surface area contributed by atoms with Gasteiger partial charge in [0.2, 0.25) is 0 Å². The molecule has 5 rings (SSSR count). The molecule has 0 saturated carbocycles. The normalized spacial score (nSPS) is 14.9. The van der Waals surface area contributed by atoms with Gasteiger partial charge in [-0.2, -0.15) is 10.2 Å². The number of benzene rings is 1. The molecule has 11 heteroatoms. The van der Waals surface area contributed by atoms with Crippen molar-refractivity contribution in [1.82, 2.24) is 40.1 Å². The third kappa shape index (κ3) is 5.93. The average Bonchev–Trinajstić information content (AvgIpc) is 3.39. The second kappa shape index (κ2) is 11.0. The van der Waals surface area contributed by atoms with Crippen molar-refractivity contribution in [3.05, 3.63) is 54.2 Å². The van der Waals surface area contributed by atoms with E-state index in [1.54, 1.807) is 23.3 Å². The molecule has 1 N–H and O–H groups in total. The van der Waals surface area contributed by atoms with Gasteiger partial charge in [0, 0.05) is 36.6 Å². The molecule has 0 aliphatic carbocycles. The van der Waals surface area contributed by atoms with Gasteiger partial charge >= 0.3 is 0 Å². The summed E-state index contributed by atoms with van der Waals surface area (Å²) in [5.74, 6) is 0.550. The summed E-state index contributed by atoms with van der Waals surface area (Å²) in [7, 11) is 0. The largest absolute Gasteiger partial charge is 0.367 e. The van der Waals surface area contributed by atoms with Crippen LogP contribution in [0.3, 0.4) is 0 Å². The van der Waals surface area contributed by atoms with Gasteiger partial charge in [0.05, 0.1) is 48.0 Å². The molecule has 1 fully saturated rings. The third-order valence-corrected chi connectivity index (χ3v) is 6.47. The molecule has 0 radical (unpaired) electrons. The topological polar surface area (TPSA) is 115 Å². The number of ketones is 1. The molecule has 1 aliphatic heterocycles. The first kappa shape index (κ1) is 24.8. The first-order valence-corrected chi connectivity index (χ1v) is 12.6. The molecule has 1 aliphatic rings. The number of alkyl halides is 1. The molecule has 4 aromatic rings. The van der Waals surface area contributed by atoms with Gasteiger partial charge in [-0.05, 0) is 44.9 Å². The fraction of sp³-hybridized carbons (Fsp3) is 0.423. The van der Waals surface area contributed by atoms with E-state index in [1.165, 1.54) is 0 Å². The van der Waals surface area contributed by atoms with E-state index in [0.717, 1.165) is 48.1 Å². The van der Waals surface area contributed by atoms with Crippen LogP contribution in [-0.2, 0) is 6.42 Å². The average molecular weight is 504 g/mol. The van der Waals surface area contributed by atoms with E-state index >= 15 is 0 Å². The lowest BCUT2D eigenvalue weighted by Crippen LogP contribution is -2.36. The van der Waals surface area contributed by atoms with Crippen LogP contribution in [0.4, 0.5) is 10.2 Å². The summed E-state index contributed by atoms with van der Waals surface area (Å²) in [5, 5.41) is 21.0. The molecule has 4 heterocycles. The van der Waals surface area contributed by atoms with Crippen LogP contribution in [0, 0.1) is 0 Å². The van der Waals surface area contributed by atoms with Gasteiger partial charge in [-0.3, -0.25) is 9.78 Å². The summed E-state index contributed by atoms with van der Waals surface area (Å²) < 4.78 is 14.3. The lowest BCUT2D eigenvalue weighted by Gasteiger charge is -2.30. The standard InChI is InChI=1S/C26H30FN9O/c1-17(2)29-26-15-28-14-23(30-26)18-3-4-22-19(11-18)12-20(31-32-22)13-25(37)24-16-36(34-33-24)21-5-8-35(9-6-21)10-7-27/h3-4,11-12,14-17,21H,5-10,13H2,1-2H3,(H,29,30). The minimum atomic E-state index is -0.331. The monoisotopic (exact) mass is 503 g/mol. The Kier molecular flexibility index (Phi) is 7.40. The molecular formula is C26H30FN9O. The number of hydrogen-bond acceptors (Lipinski definition) is 9. The molecule has 0 atom stereocenters. The number of likely N-dealkylation sites (tertiary alicyclic amines) is 1. The molecule has 0 bridgehead atoms. The van der Waals surface area contributed by atoms with Crippen molar-refractivity contribution in [3.63, 3.8) is 0 Å². The number of nitrogens with zero attached hydrogens (tertiary/aromatic N) is 8. The zero-order chi connectivity index (χ0) is 25.8. The maximum absolute atomic E-state index is 12.9. The Hall–Kier alpha value is -3.86. The lowest BCUT2D eigenvalue weighted by molar-refractivity contribution is 0.0987. The van der Waals surface area contributed by atoms with Crippen molar-refractivity contribution in [1.29, 1.82) is 0 Å².